The van der Waals surface area contributed by atoms with Gasteiger partial charge in [-0.2, -0.15) is 0 Å². The highest BCUT2D eigenvalue weighted by Gasteiger charge is 2.67. The van der Waals surface area contributed by atoms with Gasteiger partial charge in [0.2, 0.25) is 0 Å². The van der Waals surface area contributed by atoms with Gasteiger partial charge in [-0.3, -0.25) is 0 Å². The van der Waals surface area contributed by atoms with Crippen molar-refractivity contribution in [1.82, 2.24) is 0 Å². The summed E-state index contributed by atoms with van der Waals surface area (Å²) in [5, 5.41) is -0.749. The molecule has 0 unspecified atom stereocenters. The minimum absolute atomic E-state index is 0.610. The number of carbonyl (C=O) groups excluding carboxylic acids is 3. The van der Waals surface area contributed by atoms with Gasteiger partial charge >= 0.3 is 26.7 Å². The van der Waals surface area contributed by atoms with Crippen molar-refractivity contribution in [2.45, 2.75) is 44.1 Å². The van der Waals surface area contributed by atoms with E-state index in [0.717, 1.165) is 37.5 Å². The number of hydrogen-bond donors (Lipinski definition) is 0. The standard InChI is InChI=1S/C16H22O6Si/c1-5-13(17)20-23(21-14(18)6-2,22-15(19)7-3)16(4)11-9-8-10-12-16/h5-7H,1-3,8-12H2,4H3. The molecule has 1 rings (SSSR count). The van der Waals surface area contributed by atoms with Crippen LogP contribution in [0.1, 0.15) is 39.0 Å². The third-order valence-electron chi connectivity index (χ3n) is 3.90. The summed E-state index contributed by atoms with van der Waals surface area (Å²) >= 11 is 0. The van der Waals surface area contributed by atoms with Crippen molar-refractivity contribution in [3.8, 4) is 0 Å². The van der Waals surface area contributed by atoms with Crippen molar-refractivity contribution in [2.24, 2.45) is 0 Å². The highest BCUT2D eigenvalue weighted by molar-refractivity contribution is 6.69. The molecule has 0 aliphatic heterocycles. The Balaban J connectivity index is 3.34. The Morgan fingerprint density at radius 3 is 1.48 bits per heavy atom. The molecule has 0 heterocycles. The van der Waals surface area contributed by atoms with Crippen LogP contribution >= 0.6 is 0 Å². The van der Waals surface area contributed by atoms with Crippen LogP contribution in [0.3, 0.4) is 0 Å². The first-order valence-corrected chi connectivity index (χ1v) is 9.11. The predicted octanol–water partition coefficient (Wildman–Crippen LogP) is 2.84. The van der Waals surface area contributed by atoms with Crippen molar-refractivity contribution >= 4 is 26.7 Å². The highest BCUT2D eigenvalue weighted by Crippen LogP contribution is 2.51. The molecule has 1 saturated carbocycles. The van der Waals surface area contributed by atoms with Crippen LogP contribution < -0.4 is 0 Å². The van der Waals surface area contributed by atoms with E-state index in [0.29, 0.717) is 12.8 Å². The minimum atomic E-state index is -4.03. The van der Waals surface area contributed by atoms with Crippen LogP contribution in [0, 0.1) is 0 Å². The molecular formula is C16H22O6Si. The van der Waals surface area contributed by atoms with Crippen molar-refractivity contribution in [3.05, 3.63) is 38.0 Å². The van der Waals surface area contributed by atoms with Crippen LogP contribution in [-0.2, 0) is 27.7 Å². The Bertz CT molecular complexity index is 464. The second-order valence-corrected chi connectivity index (χ2v) is 8.49. The first-order chi connectivity index (χ1) is 10.8. The molecule has 0 saturated heterocycles. The molecule has 6 nitrogen and oxygen atoms in total. The molecule has 1 fully saturated rings. The van der Waals surface area contributed by atoms with Crippen LogP contribution in [-0.4, -0.2) is 26.7 Å². The van der Waals surface area contributed by atoms with Crippen LogP contribution in [0.2, 0.25) is 5.04 Å². The van der Waals surface area contributed by atoms with Gasteiger partial charge in [0.05, 0.1) is 5.04 Å². The molecule has 126 valence electrons. The zero-order valence-corrected chi connectivity index (χ0v) is 14.3. The first-order valence-electron chi connectivity index (χ1n) is 7.38. The van der Waals surface area contributed by atoms with Crippen molar-refractivity contribution in [1.29, 1.82) is 0 Å². The molecule has 1 aliphatic carbocycles. The maximum atomic E-state index is 11.8. The maximum Gasteiger partial charge on any atom is 0.712 e. The predicted molar refractivity (Wildman–Crippen MR) is 86.1 cm³/mol. The Labute approximate surface area is 137 Å². The van der Waals surface area contributed by atoms with Gasteiger partial charge in [-0.25, -0.2) is 14.4 Å². The van der Waals surface area contributed by atoms with E-state index in [-0.39, 0.29) is 0 Å². The molecule has 23 heavy (non-hydrogen) atoms. The molecular weight excluding hydrogens is 316 g/mol. The monoisotopic (exact) mass is 338 g/mol. The van der Waals surface area contributed by atoms with E-state index in [9.17, 15) is 14.4 Å². The van der Waals surface area contributed by atoms with Crippen LogP contribution in [0.25, 0.3) is 0 Å². The molecule has 7 heteroatoms. The average molecular weight is 338 g/mol. The molecule has 0 aromatic heterocycles. The number of carbonyl (C=O) groups is 3. The normalized spacial score (nSPS) is 16.6. The lowest BCUT2D eigenvalue weighted by molar-refractivity contribution is -0.146. The Kier molecular flexibility index (Phi) is 6.50. The topological polar surface area (TPSA) is 78.9 Å². The fraction of sp³-hybridized carbons (Fsp3) is 0.438. The van der Waals surface area contributed by atoms with Gasteiger partial charge < -0.3 is 13.3 Å². The van der Waals surface area contributed by atoms with Gasteiger partial charge in [0.15, 0.2) is 0 Å². The summed E-state index contributed by atoms with van der Waals surface area (Å²) in [5.41, 5.74) is 0. The first kappa shape index (κ1) is 18.9. The third-order valence-corrected chi connectivity index (χ3v) is 7.29. The quantitative estimate of drug-likeness (QED) is 0.524. The highest BCUT2D eigenvalue weighted by atomic mass is 28.4. The van der Waals surface area contributed by atoms with Crippen molar-refractivity contribution < 1.29 is 27.7 Å². The van der Waals surface area contributed by atoms with Crippen LogP contribution in [0.5, 0.6) is 0 Å². The third kappa shape index (κ3) is 4.41. The Morgan fingerprint density at radius 1 is 0.826 bits per heavy atom. The van der Waals surface area contributed by atoms with Crippen LogP contribution in [0.4, 0.5) is 0 Å². The van der Waals surface area contributed by atoms with E-state index >= 15 is 0 Å². The zero-order chi connectivity index (χ0) is 17.5. The zero-order valence-electron chi connectivity index (χ0n) is 13.3. The smallest absolute Gasteiger partial charge is 0.452 e. The fourth-order valence-corrected chi connectivity index (χ4v) is 5.47. The average Bonchev–Trinajstić information content (AvgIpc) is 2.54. The maximum absolute atomic E-state index is 11.8. The van der Waals surface area contributed by atoms with Gasteiger partial charge in [-0.05, 0) is 12.8 Å². The SMILES string of the molecule is C=CC(=O)O[Si](OC(=O)C=C)(OC(=O)C=C)C1(C)CCCCC1. The Hall–Kier alpha value is -2.15. The van der Waals surface area contributed by atoms with E-state index in [1.807, 2.05) is 6.92 Å². The summed E-state index contributed by atoms with van der Waals surface area (Å²) in [6.07, 6.45) is 6.77. The minimum Gasteiger partial charge on any atom is -0.452 e. The lowest BCUT2D eigenvalue weighted by atomic mass is 9.90. The molecule has 0 N–H and O–H groups in total. The molecule has 1 aliphatic rings. The van der Waals surface area contributed by atoms with E-state index in [4.69, 9.17) is 13.3 Å². The lowest BCUT2D eigenvalue weighted by Crippen LogP contribution is -2.58. The molecule has 0 amide bonds. The van der Waals surface area contributed by atoms with E-state index in [2.05, 4.69) is 19.7 Å². The largest absolute Gasteiger partial charge is 0.712 e. The summed E-state index contributed by atoms with van der Waals surface area (Å²) in [7, 11) is -4.03. The molecule has 0 radical (unpaired) electrons. The van der Waals surface area contributed by atoms with E-state index in [1.165, 1.54) is 0 Å². The van der Waals surface area contributed by atoms with Gasteiger partial charge in [-0.15, -0.1) is 0 Å². The fourth-order valence-electron chi connectivity index (χ4n) is 2.59. The van der Waals surface area contributed by atoms with Gasteiger partial charge in [0.1, 0.15) is 0 Å². The van der Waals surface area contributed by atoms with E-state index in [1.54, 1.807) is 0 Å². The summed E-state index contributed by atoms with van der Waals surface area (Å²) in [4.78, 5) is 35.4. The summed E-state index contributed by atoms with van der Waals surface area (Å²) < 4.78 is 16.1. The summed E-state index contributed by atoms with van der Waals surface area (Å²) in [5.74, 6) is -2.42. The van der Waals surface area contributed by atoms with Crippen molar-refractivity contribution in [2.75, 3.05) is 0 Å². The summed E-state index contributed by atoms with van der Waals surface area (Å²) in [6, 6.07) is 0. The van der Waals surface area contributed by atoms with Crippen LogP contribution in [0.15, 0.2) is 38.0 Å². The summed E-state index contributed by atoms with van der Waals surface area (Å²) in [6.45, 7) is 11.8. The molecule has 0 aromatic rings. The van der Waals surface area contributed by atoms with Gasteiger partial charge in [0.25, 0.3) is 0 Å². The molecule has 0 atom stereocenters. The molecule has 0 aromatic carbocycles. The number of hydrogen-bond acceptors (Lipinski definition) is 6. The van der Waals surface area contributed by atoms with E-state index < -0.39 is 31.8 Å². The Morgan fingerprint density at radius 2 is 1.17 bits per heavy atom. The van der Waals surface area contributed by atoms with Crippen molar-refractivity contribution in [3.63, 3.8) is 0 Å². The number of rotatable bonds is 7. The molecule has 0 bridgehead atoms. The van der Waals surface area contributed by atoms with Gasteiger partial charge in [0, 0.05) is 18.2 Å². The van der Waals surface area contributed by atoms with Gasteiger partial charge in [-0.1, -0.05) is 45.9 Å². The second kappa shape index (κ2) is 7.91. The second-order valence-electron chi connectivity index (χ2n) is 5.55. The lowest BCUT2D eigenvalue weighted by Gasteiger charge is -2.42. The molecule has 0 spiro atoms.